The fourth-order valence-electron chi connectivity index (χ4n) is 1.08. The molecule has 24 heavy (non-hydrogen) atoms. The number of nitrogens with zero attached hydrogens (tertiary/aromatic N) is 2. The van der Waals surface area contributed by atoms with Gasteiger partial charge >= 0.3 is 11.4 Å². The van der Waals surface area contributed by atoms with Crippen LogP contribution in [0, 0.1) is 0 Å². The SMILES string of the molecule is COC(=O)Cl.O=C(O)c1ccncc1Br.OCc1ccncc1Br. The van der Waals surface area contributed by atoms with Crippen LogP contribution in [0.2, 0.25) is 0 Å². The number of methoxy groups -OCH3 is 1. The molecular weight excluding hydrogens is 471 g/mol. The van der Waals surface area contributed by atoms with Crippen LogP contribution >= 0.6 is 43.5 Å². The van der Waals surface area contributed by atoms with Crippen molar-refractivity contribution in [2.75, 3.05) is 7.11 Å². The van der Waals surface area contributed by atoms with Crippen molar-refractivity contribution < 1.29 is 24.5 Å². The third-order valence-electron chi connectivity index (χ3n) is 2.19. The van der Waals surface area contributed by atoms with Gasteiger partial charge in [0.1, 0.15) is 0 Å². The number of hydrogen-bond acceptors (Lipinski definition) is 6. The first-order valence-electron chi connectivity index (χ1n) is 6.09. The van der Waals surface area contributed by atoms with Gasteiger partial charge in [0.15, 0.2) is 0 Å². The number of carbonyl (C=O) groups is 2. The van der Waals surface area contributed by atoms with Gasteiger partial charge in [0.05, 0.1) is 23.8 Å². The molecule has 0 amide bonds. The van der Waals surface area contributed by atoms with Crippen LogP contribution in [0.1, 0.15) is 15.9 Å². The van der Waals surface area contributed by atoms with Gasteiger partial charge in [-0.15, -0.1) is 0 Å². The van der Waals surface area contributed by atoms with Gasteiger partial charge in [-0.3, -0.25) is 9.97 Å². The second-order valence-corrected chi connectivity index (χ2v) is 5.74. The van der Waals surface area contributed by atoms with Crippen molar-refractivity contribution in [1.82, 2.24) is 9.97 Å². The standard InChI is InChI=1S/C6H4BrNO2.C6H6BrNO.C2H3ClO2/c7-5-3-8-2-1-4(5)6(9)10;7-6-3-8-2-1-5(6)4-9;1-5-2(3)4/h1-3H,(H,9,10);1-3,9H,4H2;1H3. The third-order valence-corrected chi connectivity index (χ3v) is 3.69. The van der Waals surface area contributed by atoms with Gasteiger partial charge in [0.25, 0.3) is 0 Å². The summed E-state index contributed by atoms with van der Waals surface area (Å²) >= 11 is 10.9. The molecule has 0 radical (unpaired) electrons. The van der Waals surface area contributed by atoms with Gasteiger partial charge in [-0.25, -0.2) is 9.59 Å². The number of carbonyl (C=O) groups excluding carboxylic acids is 1. The zero-order valence-corrected chi connectivity index (χ0v) is 16.2. The minimum Gasteiger partial charge on any atom is -0.478 e. The van der Waals surface area contributed by atoms with E-state index in [1.54, 1.807) is 18.5 Å². The molecule has 2 heterocycles. The Kier molecular flexibility index (Phi) is 12.0. The molecule has 0 atom stereocenters. The maximum absolute atomic E-state index is 10.4. The maximum atomic E-state index is 10.4. The third kappa shape index (κ3) is 9.56. The largest absolute Gasteiger partial charge is 0.478 e. The molecule has 0 bridgehead atoms. The number of aliphatic hydroxyl groups is 1. The van der Waals surface area contributed by atoms with Crippen LogP contribution in [-0.4, -0.2) is 38.7 Å². The lowest BCUT2D eigenvalue weighted by Crippen LogP contribution is -1.96. The second-order valence-electron chi connectivity index (χ2n) is 3.73. The van der Waals surface area contributed by atoms with E-state index >= 15 is 0 Å². The molecule has 0 saturated heterocycles. The summed E-state index contributed by atoms with van der Waals surface area (Å²) in [5, 5.41) is 17.2. The molecular formula is C14H13Br2ClN2O5. The topological polar surface area (TPSA) is 110 Å². The molecule has 2 rings (SSSR count). The fraction of sp³-hybridized carbons (Fsp3) is 0.143. The monoisotopic (exact) mass is 482 g/mol. The number of aromatic carboxylic acids is 1. The van der Waals surface area contributed by atoms with E-state index in [-0.39, 0.29) is 12.2 Å². The van der Waals surface area contributed by atoms with Crippen LogP contribution in [0.5, 0.6) is 0 Å². The summed E-state index contributed by atoms with van der Waals surface area (Å²) in [4.78, 5) is 27.3. The van der Waals surface area contributed by atoms with Crippen molar-refractivity contribution in [3.05, 3.63) is 57.0 Å². The Balaban J connectivity index is 0.000000351. The fourth-order valence-corrected chi connectivity index (χ4v) is 1.88. The zero-order chi connectivity index (χ0) is 18.5. The van der Waals surface area contributed by atoms with Crippen molar-refractivity contribution in [3.8, 4) is 0 Å². The van der Waals surface area contributed by atoms with E-state index in [0.717, 1.165) is 10.0 Å². The van der Waals surface area contributed by atoms with Crippen molar-refractivity contribution >= 4 is 54.9 Å². The molecule has 10 heteroatoms. The molecule has 0 aromatic carbocycles. The van der Waals surface area contributed by atoms with Crippen molar-refractivity contribution in [3.63, 3.8) is 0 Å². The highest BCUT2D eigenvalue weighted by molar-refractivity contribution is 9.10. The molecule has 0 aliphatic heterocycles. The van der Waals surface area contributed by atoms with Gasteiger partial charge in [-0.1, -0.05) is 0 Å². The number of rotatable bonds is 2. The Labute approximate surface area is 159 Å². The maximum Gasteiger partial charge on any atom is 0.403 e. The van der Waals surface area contributed by atoms with E-state index in [9.17, 15) is 9.59 Å². The van der Waals surface area contributed by atoms with E-state index in [2.05, 4.69) is 58.2 Å². The highest BCUT2D eigenvalue weighted by Crippen LogP contribution is 2.13. The molecule has 130 valence electrons. The predicted octanol–water partition coefficient (Wildman–Crippen LogP) is 3.87. The minimum atomic E-state index is -0.950. The van der Waals surface area contributed by atoms with Gasteiger partial charge in [-0.05, 0) is 49.6 Å². The van der Waals surface area contributed by atoms with E-state index in [1.807, 2.05) is 0 Å². The van der Waals surface area contributed by atoms with Gasteiger partial charge in [0, 0.05) is 40.9 Å². The normalized spacial score (nSPS) is 8.88. The average Bonchev–Trinajstić information content (AvgIpc) is 2.56. The van der Waals surface area contributed by atoms with Gasteiger partial charge < -0.3 is 14.9 Å². The first kappa shape index (κ1) is 22.4. The summed E-state index contributed by atoms with van der Waals surface area (Å²) in [6.45, 7) is 0.0586. The number of hydrogen-bond donors (Lipinski definition) is 2. The lowest BCUT2D eigenvalue weighted by Gasteiger charge is -1.95. The van der Waals surface area contributed by atoms with Crippen molar-refractivity contribution in [2.45, 2.75) is 6.61 Å². The van der Waals surface area contributed by atoms with Crippen LogP contribution in [0.15, 0.2) is 45.9 Å². The molecule has 2 N–H and O–H groups in total. The van der Waals surface area contributed by atoms with E-state index in [0.29, 0.717) is 4.47 Å². The van der Waals surface area contributed by atoms with Gasteiger partial charge in [-0.2, -0.15) is 0 Å². The summed E-state index contributed by atoms with van der Waals surface area (Å²) in [7, 11) is 1.22. The number of halogens is 3. The quantitative estimate of drug-likeness (QED) is 0.623. The number of carboxylic acids is 1. The molecule has 0 fully saturated rings. The lowest BCUT2D eigenvalue weighted by atomic mass is 10.3. The zero-order valence-electron chi connectivity index (χ0n) is 12.3. The molecule has 2 aromatic rings. The van der Waals surface area contributed by atoms with E-state index < -0.39 is 11.4 Å². The molecule has 2 aromatic heterocycles. The van der Waals surface area contributed by atoms with Crippen LogP contribution < -0.4 is 0 Å². The second kappa shape index (κ2) is 12.8. The average molecular weight is 485 g/mol. The summed E-state index contributed by atoms with van der Waals surface area (Å²) in [6.07, 6.45) is 6.19. The first-order chi connectivity index (χ1) is 11.3. The molecule has 0 aliphatic rings. The van der Waals surface area contributed by atoms with Crippen LogP contribution in [0.4, 0.5) is 4.79 Å². The number of carboxylic acid groups (broad SMARTS) is 1. The highest BCUT2D eigenvalue weighted by Gasteiger charge is 2.05. The summed E-state index contributed by atoms with van der Waals surface area (Å²) < 4.78 is 5.23. The Morgan fingerprint density at radius 1 is 1.17 bits per heavy atom. The molecule has 0 spiro atoms. The molecule has 0 saturated carbocycles. The Morgan fingerprint density at radius 3 is 1.96 bits per heavy atom. The Hall–Kier alpha value is -1.55. The summed E-state index contributed by atoms with van der Waals surface area (Å²) in [5.41, 5.74) is 0.324. The van der Waals surface area contributed by atoms with Crippen LogP contribution in [0.25, 0.3) is 0 Å². The Morgan fingerprint density at radius 2 is 1.67 bits per heavy atom. The number of aromatic nitrogens is 2. The van der Waals surface area contributed by atoms with Crippen LogP contribution in [0.3, 0.4) is 0 Å². The molecule has 0 unspecified atom stereocenters. The number of ether oxygens (including phenoxy) is 1. The highest BCUT2D eigenvalue weighted by atomic mass is 79.9. The van der Waals surface area contributed by atoms with Crippen molar-refractivity contribution in [2.24, 2.45) is 0 Å². The summed E-state index contributed by atoms with van der Waals surface area (Å²) in [6, 6.07) is 3.20. The van der Waals surface area contributed by atoms with E-state index in [1.165, 1.54) is 25.6 Å². The van der Waals surface area contributed by atoms with Crippen LogP contribution in [-0.2, 0) is 11.3 Å². The lowest BCUT2D eigenvalue weighted by molar-refractivity contribution is 0.0695. The van der Waals surface area contributed by atoms with E-state index in [4.69, 9.17) is 10.2 Å². The predicted molar refractivity (Wildman–Crippen MR) is 95.0 cm³/mol. The smallest absolute Gasteiger partial charge is 0.403 e. The summed E-state index contributed by atoms with van der Waals surface area (Å²) in [5.74, 6) is -0.950. The Bertz CT molecular complexity index is 673. The molecule has 7 nitrogen and oxygen atoms in total. The minimum absolute atomic E-state index is 0.0586. The molecule has 0 aliphatic carbocycles. The number of pyridine rings is 2. The first-order valence-corrected chi connectivity index (χ1v) is 8.05. The van der Waals surface area contributed by atoms with Crippen molar-refractivity contribution in [1.29, 1.82) is 0 Å². The number of aliphatic hydroxyl groups excluding tert-OH is 1. The van der Waals surface area contributed by atoms with Gasteiger partial charge in [0.2, 0.25) is 0 Å².